The van der Waals surface area contributed by atoms with Crippen LogP contribution in [0.5, 0.6) is 0 Å². The van der Waals surface area contributed by atoms with Gasteiger partial charge in [-0.05, 0) is 12.1 Å². The number of aromatic nitrogens is 2. The smallest absolute Gasteiger partial charge is 0.0534 e. The summed E-state index contributed by atoms with van der Waals surface area (Å²) in [6.45, 7) is 2.68. The van der Waals surface area contributed by atoms with E-state index in [0.717, 1.165) is 24.7 Å². The van der Waals surface area contributed by atoms with Crippen molar-refractivity contribution in [2.75, 3.05) is 6.54 Å². The lowest BCUT2D eigenvalue weighted by atomic mass is 10.4. The number of nitrogens with one attached hydrogen (secondary N) is 1. The summed E-state index contributed by atoms with van der Waals surface area (Å²) in [7, 11) is 0. The molecule has 0 aliphatic rings. The zero-order valence-electron chi connectivity index (χ0n) is 8.19. The predicted molar refractivity (Wildman–Crippen MR) is 63.3 cm³/mol. The molecule has 2 aromatic rings. The molecule has 0 amide bonds. The van der Waals surface area contributed by atoms with E-state index in [-0.39, 0.29) is 0 Å². The molecule has 0 aliphatic carbocycles. The number of nitrogens with zero attached hydrogens (tertiary/aromatic N) is 2. The molecule has 80 valence electrons. The standard InChI is InChI=1S/C10H12ClN3S/c11-9-6-10(15-8-9)7-12-3-5-14-4-1-2-13-14/h1-2,4,6,8,12H,3,5,7H2. The highest BCUT2D eigenvalue weighted by molar-refractivity contribution is 7.10. The highest BCUT2D eigenvalue weighted by atomic mass is 35.5. The molecular formula is C10H12ClN3S. The number of rotatable bonds is 5. The Labute approximate surface area is 97.7 Å². The summed E-state index contributed by atoms with van der Waals surface area (Å²) in [6, 6.07) is 3.92. The van der Waals surface area contributed by atoms with Crippen molar-refractivity contribution in [3.05, 3.63) is 39.8 Å². The van der Waals surface area contributed by atoms with E-state index in [1.165, 1.54) is 4.88 Å². The summed E-state index contributed by atoms with van der Waals surface area (Å²) in [6.07, 6.45) is 3.75. The third kappa shape index (κ3) is 3.34. The predicted octanol–water partition coefficient (Wildman–Crippen LogP) is 2.39. The van der Waals surface area contributed by atoms with E-state index < -0.39 is 0 Å². The maximum absolute atomic E-state index is 5.82. The van der Waals surface area contributed by atoms with Crippen LogP contribution in [0.2, 0.25) is 5.02 Å². The second-order valence-electron chi connectivity index (χ2n) is 3.18. The minimum atomic E-state index is 0.823. The Morgan fingerprint density at radius 1 is 1.53 bits per heavy atom. The van der Waals surface area contributed by atoms with Crippen LogP contribution in [0.15, 0.2) is 29.9 Å². The van der Waals surface area contributed by atoms with Gasteiger partial charge in [-0.15, -0.1) is 11.3 Å². The average molecular weight is 242 g/mol. The van der Waals surface area contributed by atoms with Crippen molar-refractivity contribution < 1.29 is 0 Å². The van der Waals surface area contributed by atoms with Crippen molar-refractivity contribution in [3.8, 4) is 0 Å². The molecule has 5 heteroatoms. The maximum atomic E-state index is 5.82. The number of thiophene rings is 1. The van der Waals surface area contributed by atoms with Crippen molar-refractivity contribution in [1.82, 2.24) is 15.1 Å². The molecule has 0 saturated carbocycles. The molecule has 0 unspecified atom stereocenters. The van der Waals surface area contributed by atoms with Crippen molar-refractivity contribution in [1.29, 1.82) is 0 Å². The number of hydrogen-bond donors (Lipinski definition) is 1. The topological polar surface area (TPSA) is 29.9 Å². The Balaban J connectivity index is 1.67. The van der Waals surface area contributed by atoms with Crippen LogP contribution in [0.1, 0.15) is 4.88 Å². The van der Waals surface area contributed by atoms with Gasteiger partial charge in [0.1, 0.15) is 0 Å². The van der Waals surface area contributed by atoms with Gasteiger partial charge in [0.15, 0.2) is 0 Å². The lowest BCUT2D eigenvalue weighted by molar-refractivity contribution is 0.557. The van der Waals surface area contributed by atoms with E-state index in [0.29, 0.717) is 0 Å². The van der Waals surface area contributed by atoms with E-state index in [1.807, 2.05) is 28.4 Å². The summed E-state index contributed by atoms with van der Waals surface area (Å²) >= 11 is 7.50. The average Bonchev–Trinajstić information content (AvgIpc) is 2.84. The summed E-state index contributed by atoms with van der Waals surface area (Å²) in [5, 5.41) is 10.2. The van der Waals surface area contributed by atoms with E-state index in [1.54, 1.807) is 17.5 Å². The lowest BCUT2D eigenvalue weighted by Crippen LogP contribution is -2.19. The van der Waals surface area contributed by atoms with Crippen LogP contribution >= 0.6 is 22.9 Å². The van der Waals surface area contributed by atoms with Crippen molar-refractivity contribution in [2.45, 2.75) is 13.1 Å². The molecule has 2 rings (SSSR count). The first-order chi connectivity index (χ1) is 7.34. The molecule has 0 atom stereocenters. The molecular weight excluding hydrogens is 230 g/mol. The molecule has 0 saturated heterocycles. The third-order valence-corrected chi connectivity index (χ3v) is 3.28. The quantitative estimate of drug-likeness (QED) is 0.815. The van der Waals surface area contributed by atoms with Crippen LogP contribution in [-0.2, 0) is 13.1 Å². The van der Waals surface area contributed by atoms with Crippen LogP contribution in [0, 0.1) is 0 Å². The minimum Gasteiger partial charge on any atom is -0.310 e. The van der Waals surface area contributed by atoms with E-state index in [4.69, 9.17) is 11.6 Å². The number of hydrogen-bond acceptors (Lipinski definition) is 3. The van der Waals surface area contributed by atoms with Crippen LogP contribution in [-0.4, -0.2) is 16.3 Å². The van der Waals surface area contributed by atoms with Gasteiger partial charge < -0.3 is 5.32 Å². The van der Waals surface area contributed by atoms with Gasteiger partial charge >= 0.3 is 0 Å². The van der Waals surface area contributed by atoms with Gasteiger partial charge in [-0.3, -0.25) is 4.68 Å². The Hall–Kier alpha value is -0.840. The third-order valence-electron chi connectivity index (χ3n) is 2.00. The van der Waals surface area contributed by atoms with Crippen molar-refractivity contribution >= 4 is 22.9 Å². The SMILES string of the molecule is Clc1csc(CNCCn2cccn2)c1. The molecule has 2 aromatic heterocycles. The van der Waals surface area contributed by atoms with Crippen molar-refractivity contribution in [3.63, 3.8) is 0 Å². The largest absolute Gasteiger partial charge is 0.310 e. The Morgan fingerprint density at radius 2 is 2.47 bits per heavy atom. The monoisotopic (exact) mass is 241 g/mol. The van der Waals surface area contributed by atoms with E-state index in [9.17, 15) is 0 Å². The van der Waals surface area contributed by atoms with Gasteiger partial charge in [0.25, 0.3) is 0 Å². The van der Waals surface area contributed by atoms with Gasteiger partial charge in [0.2, 0.25) is 0 Å². The second kappa shape index (κ2) is 5.30. The lowest BCUT2D eigenvalue weighted by Gasteiger charge is -2.02. The molecule has 0 bridgehead atoms. The molecule has 0 fully saturated rings. The van der Waals surface area contributed by atoms with Gasteiger partial charge in [0.05, 0.1) is 11.6 Å². The summed E-state index contributed by atoms with van der Waals surface area (Å²) < 4.78 is 1.91. The first-order valence-electron chi connectivity index (χ1n) is 4.75. The van der Waals surface area contributed by atoms with E-state index >= 15 is 0 Å². The first kappa shape index (κ1) is 10.7. The Bertz CT molecular complexity index is 396. The number of halogens is 1. The van der Waals surface area contributed by atoms with Gasteiger partial charge in [-0.25, -0.2) is 0 Å². The highest BCUT2D eigenvalue weighted by Crippen LogP contribution is 2.18. The van der Waals surface area contributed by atoms with Gasteiger partial charge in [-0.1, -0.05) is 11.6 Å². The van der Waals surface area contributed by atoms with Crippen LogP contribution in [0.3, 0.4) is 0 Å². The van der Waals surface area contributed by atoms with Crippen LogP contribution < -0.4 is 5.32 Å². The Kier molecular flexibility index (Phi) is 3.77. The zero-order chi connectivity index (χ0) is 10.5. The molecule has 2 heterocycles. The molecule has 0 spiro atoms. The first-order valence-corrected chi connectivity index (χ1v) is 6.01. The maximum Gasteiger partial charge on any atom is 0.0534 e. The summed E-state index contributed by atoms with van der Waals surface area (Å²) in [4.78, 5) is 1.26. The summed E-state index contributed by atoms with van der Waals surface area (Å²) in [5.41, 5.74) is 0. The molecule has 0 aromatic carbocycles. The molecule has 1 N–H and O–H groups in total. The van der Waals surface area contributed by atoms with Gasteiger partial charge in [-0.2, -0.15) is 5.10 Å². The molecule has 0 radical (unpaired) electrons. The van der Waals surface area contributed by atoms with E-state index in [2.05, 4.69) is 10.4 Å². The normalized spacial score (nSPS) is 10.7. The Morgan fingerprint density at radius 3 is 3.13 bits per heavy atom. The molecule has 0 aliphatic heterocycles. The molecule has 15 heavy (non-hydrogen) atoms. The van der Waals surface area contributed by atoms with Crippen LogP contribution in [0.4, 0.5) is 0 Å². The highest BCUT2D eigenvalue weighted by Gasteiger charge is 1.97. The fourth-order valence-corrected chi connectivity index (χ4v) is 2.33. The fourth-order valence-electron chi connectivity index (χ4n) is 1.28. The van der Waals surface area contributed by atoms with Gasteiger partial charge in [0, 0.05) is 35.7 Å². The second-order valence-corrected chi connectivity index (χ2v) is 4.61. The minimum absolute atomic E-state index is 0.823. The zero-order valence-corrected chi connectivity index (χ0v) is 9.76. The van der Waals surface area contributed by atoms with Crippen molar-refractivity contribution in [2.24, 2.45) is 0 Å². The molecule has 3 nitrogen and oxygen atoms in total. The fraction of sp³-hybridized carbons (Fsp3) is 0.300. The van der Waals surface area contributed by atoms with Crippen LogP contribution in [0.25, 0.3) is 0 Å². The summed E-state index contributed by atoms with van der Waals surface area (Å²) in [5.74, 6) is 0.